The lowest BCUT2D eigenvalue weighted by Gasteiger charge is -2.36. The van der Waals surface area contributed by atoms with Crippen molar-refractivity contribution in [3.8, 4) is 0 Å². The highest BCUT2D eigenvalue weighted by molar-refractivity contribution is 5.83. The van der Waals surface area contributed by atoms with E-state index in [-0.39, 0.29) is 17.7 Å². The number of rotatable bonds is 8. The van der Waals surface area contributed by atoms with Gasteiger partial charge in [0.1, 0.15) is 5.84 Å². The highest BCUT2D eigenvalue weighted by Crippen LogP contribution is 2.33. The van der Waals surface area contributed by atoms with Crippen molar-refractivity contribution in [2.45, 2.75) is 46.1 Å². The van der Waals surface area contributed by atoms with Crippen molar-refractivity contribution in [2.75, 3.05) is 19.7 Å². The first-order valence-corrected chi connectivity index (χ1v) is 7.38. The molecule has 3 N–H and O–H groups in total. The zero-order valence-corrected chi connectivity index (χ0v) is 12.7. The first-order chi connectivity index (χ1) is 9.51. The van der Waals surface area contributed by atoms with Crippen molar-refractivity contribution < 1.29 is 14.7 Å². The van der Waals surface area contributed by atoms with Gasteiger partial charge in [0.2, 0.25) is 5.91 Å². The van der Waals surface area contributed by atoms with Crippen LogP contribution >= 0.6 is 0 Å². The number of nitrogens with two attached hydrogens (primary N) is 1. The Labute approximate surface area is 120 Å². The molecule has 1 saturated carbocycles. The molecular formula is C14H27N3O3. The molecule has 20 heavy (non-hydrogen) atoms. The number of amidine groups is 1. The summed E-state index contributed by atoms with van der Waals surface area (Å²) in [6.07, 6.45) is 2.86. The number of nitrogens with zero attached hydrogens (tertiary/aromatic N) is 2. The van der Waals surface area contributed by atoms with Crippen molar-refractivity contribution in [2.24, 2.45) is 22.7 Å². The minimum atomic E-state index is -0.138. The largest absolute Gasteiger partial charge is 0.409 e. The van der Waals surface area contributed by atoms with Gasteiger partial charge in [-0.15, -0.1) is 0 Å². The maximum atomic E-state index is 12.2. The summed E-state index contributed by atoms with van der Waals surface area (Å²) in [4.78, 5) is 14.0. The fraction of sp³-hybridized carbons (Fsp3) is 0.857. The molecule has 6 heteroatoms. The summed E-state index contributed by atoms with van der Waals surface area (Å²) in [5.74, 6) is 0.607. The molecule has 1 fully saturated rings. The molecule has 1 aliphatic carbocycles. The average molecular weight is 285 g/mol. The smallest absolute Gasteiger partial charge is 0.222 e. The molecule has 0 bridgehead atoms. The third-order valence-corrected chi connectivity index (χ3v) is 3.91. The number of carbonyl (C=O) groups is 1. The van der Waals surface area contributed by atoms with Crippen LogP contribution in [-0.4, -0.2) is 47.7 Å². The van der Waals surface area contributed by atoms with Crippen LogP contribution < -0.4 is 5.73 Å². The Bertz CT molecular complexity index is 341. The fourth-order valence-electron chi connectivity index (χ4n) is 2.52. The van der Waals surface area contributed by atoms with Gasteiger partial charge in [-0.05, 0) is 32.6 Å². The summed E-state index contributed by atoms with van der Waals surface area (Å²) in [6, 6.07) is 0. The summed E-state index contributed by atoms with van der Waals surface area (Å²) in [7, 11) is 0. The van der Waals surface area contributed by atoms with Gasteiger partial charge in [0.05, 0.1) is 6.10 Å². The van der Waals surface area contributed by atoms with Gasteiger partial charge in [0.15, 0.2) is 0 Å². The first kappa shape index (κ1) is 16.8. The maximum absolute atomic E-state index is 12.2. The van der Waals surface area contributed by atoms with Crippen molar-refractivity contribution in [1.82, 2.24) is 4.90 Å². The number of carbonyl (C=O) groups excluding carboxylic acids is 1. The van der Waals surface area contributed by atoms with Gasteiger partial charge in [-0.3, -0.25) is 4.79 Å². The van der Waals surface area contributed by atoms with Crippen LogP contribution in [-0.2, 0) is 9.53 Å². The Kier molecular flexibility index (Phi) is 6.78. The third kappa shape index (κ3) is 4.67. The second-order valence-electron chi connectivity index (χ2n) is 5.48. The molecule has 0 aromatic heterocycles. The molecule has 0 aromatic carbocycles. The molecule has 0 aliphatic heterocycles. The summed E-state index contributed by atoms with van der Waals surface area (Å²) >= 11 is 0. The fourth-order valence-corrected chi connectivity index (χ4v) is 2.52. The number of ether oxygens (including phenoxy) is 1. The number of oxime groups is 1. The van der Waals surface area contributed by atoms with E-state index in [1.165, 1.54) is 0 Å². The Hall–Kier alpha value is -1.30. The standard InChI is InChI=1S/C14H27N3O3/c1-4-17(9-10(3)14(15)16-19)13(18)8-11-6-12(7-11)20-5-2/h10-12,19H,4-9H2,1-3H3,(H2,15,16). The number of hydrogen-bond donors (Lipinski definition) is 2. The van der Waals surface area contributed by atoms with Gasteiger partial charge >= 0.3 is 0 Å². The lowest BCUT2D eigenvalue weighted by atomic mass is 9.79. The summed E-state index contributed by atoms with van der Waals surface area (Å²) in [6.45, 7) is 7.66. The Morgan fingerprint density at radius 2 is 2.15 bits per heavy atom. The van der Waals surface area contributed by atoms with E-state index in [4.69, 9.17) is 15.7 Å². The van der Waals surface area contributed by atoms with Crippen molar-refractivity contribution in [3.63, 3.8) is 0 Å². The van der Waals surface area contributed by atoms with E-state index < -0.39 is 0 Å². The predicted molar refractivity (Wildman–Crippen MR) is 77.6 cm³/mol. The molecule has 1 unspecified atom stereocenters. The molecule has 0 heterocycles. The number of hydrogen-bond acceptors (Lipinski definition) is 4. The molecule has 0 aromatic rings. The average Bonchev–Trinajstić information content (AvgIpc) is 2.40. The minimum Gasteiger partial charge on any atom is -0.409 e. The van der Waals surface area contributed by atoms with Gasteiger partial charge in [-0.1, -0.05) is 12.1 Å². The summed E-state index contributed by atoms with van der Waals surface area (Å²) in [5, 5.41) is 11.6. The highest BCUT2D eigenvalue weighted by atomic mass is 16.5. The van der Waals surface area contributed by atoms with Gasteiger partial charge < -0.3 is 20.6 Å². The molecule has 1 aliphatic rings. The minimum absolute atomic E-state index is 0.138. The Morgan fingerprint density at radius 3 is 2.65 bits per heavy atom. The Balaban J connectivity index is 2.36. The van der Waals surface area contributed by atoms with Crippen LogP contribution in [0, 0.1) is 11.8 Å². The Morgan fingerprint density at radius 1 is 1.50 bits per heavy atom. The zero-order chi connectivity index (χ0) is 15.1. The van der Waals surface area contributed by atoms with Crippen LogP contribution in [0.1, 0.15) is 40.0 Å². The summed E-state index contributed by atoms with van der Waals surface area (Å²) in [5.41, 5.74) is 5.56. The van der Waals surface area contributed by atoms with Crippen LogP contribution in [0.2, 0.25) is 0 Å². The second kappa shape index (κ2) is 8.09. The van der Waals surface area contributed by atoms with Gasteiger partial charge in [0.25, 0.3) is 0 Å². The molecule has 1 atom stereocenters. The lowest BCUT2D eigenvalue weighted by molar-refractivity contribution is -0.134. The van der Waals surface area contributed by atoms with Crippen LogP contribution in [0.25, 0.3) is 0 Å². The van der Waals surface area contributed by atoms with E-state index >= 15 is 0 Å². The molecule has 0 saturated heterocycles. The maximum Gasteiger partial charge on any atom is 0.222 e. The molecule has 0 spiro atoms. The topological polar surface area (TPSA) is 88.2 Å². The predicted octanol–water partition coefficient (Wildman–Crippen LogP) is 1.42. The highest BCUT2D eigenvalue weighted by Gasteiger charge is 2.32. The lowest BCUT2D eigenvalue weighted by Crippen LogP contribution is -2.41. The van der Waals surface area contributed by atoms with Crippen LogP contribution in [0.5, 0.6) is 0 Å². The zero-order valence-electron chi connectivity index (χ0n) is 12.7. The third-order valence-electron chi connectivity index (χ3n) is 3.91. The molecule has 1 rings (SSSR count). The monoisotopic (exact) mass is 285 g/mol. The van der Waals surface area contributed by atoms with Crippen LogP contribution in [0.4, 0.5) is 0 Å². The van der Waals surface area contributed by atoms with E-state index in [1.54, 1.807) is 4.90 Å². The van der Waals surface area contributed by atoms with Gasteiger partial charge in [-0.25, -0.2) is 0 Å². The second-order valence-corrected chi connectivity index (χ2v) is 5.48. The van der Waals surface area contributed by atoms with E-state index in [0.717, 1.165) is 19.4 Å². The normalized spacial score (nSPS) is 24.1. The van der Waals surface area contributed by atoms with E-state index in [9.17, 15) is 4.79 Å². The van der Waals surface area contributed by atoms with E-state index in [1.807, 2.05) is 20.8 Å². The van der Waals surface area contributed by atoms with Crippen LogP contribution in [0.3, 0.4) is 0 Å². The van der Waals surface area contributed by atoms with Gasteiger partial charge in [-0.2, -0.15) is 0 Å². The van der Waals surface area contributed by atoms with Gasteiger partial charge in [0, 0.05) is 32.0 Å². The van der Waals surface area contributed by atoms with Crippen molar-refractivity contribution in [1.29, 1.82) is 0 Å². The van der Waals surface area contributed by atoms with Crippen molar-refractivity contribution in [3.05, 3.63) is 0 Å². The van der Waals surface area contributed by atoms with Crippen molar-refractivity contribution >= 4 is 11.7 Å². The van der Waals surface area contributed by atoms with E-state index in [0.29, 0.717) is 31.5 Å². The SMILES string of the molecule is CCOC1CC(CC(=O)N(CC)CC(C)C(N)=NO)C1. The first-order valence-electron chi connectivity index (χ1n) is 7.38. The van der Waals surface area contributed by atoms with E-state index in [2.05, 4.69) is 5.16 Å². The number of amides is 1. The molecule has 6 nitrogen and oxygen atoms in total. The quantitative estimate of drug-likeness (QED) is 0.305. The molecular weight excluding hydrogens is 258 g/mol. The molecule has 1 amide bonds. The summed E-state index contributed by atoms with van der Waals surface area (Å²) < 4.78 is 5.50. The molecule has 0 radical (unpaired) electrons. The molecule has 116 valence electrons. The van der Waals surface area contributed by atoms with Crippen LogP contribution in [0.15, 0.2) is 5.16 Å².